The van der Waals surface area contributed by atoms with E-state index in [-0.39, 0.29) is 5.91 Å². The smallest absolute Gasteiger partial charge is 0.329 e. The molecule has 1 aromatic heterocycles. The van der Waals surface area contributed by atoms with E-state index in [1.807, 2.05) is 0 Å². The number of nitrogens with zero attached hydrogens (tertiary/aromatic N) is 1. The number of carboxylic acid groups (broad SMARTS) is 1. The second-order valence-corrected chi connectivity index (χ2v) is 5.21. The van der Waals surface area contributed by atoms with E-state index in [4.69, 9.17) is 16.7 Å². The minimum absolute atomic E-state index is 0.343. The van der Waals surface area contributed by atoms with Crippen molar-refractivity contribution in [2.24, 2.45) is 0 Å². The van der Waals surface area contributed by atoms with Gasteiger partial charge >= 0.3 is 5.97 Å². The predicted molar refractivity (Wildman–Crippen MR) is 63.1 cm³/mol. The van der Waals surface area contributed by atoms with Crippen LogP contribution in [0.4, 0.5) is 0 Å². The number of carbonyl (C=O) groups excluding carboxylic acids is 1. The highest BCUT2D eigenvalue weighted by atomic mass is 35.5. The van der Waals surface area contributed by atoms with E-state index in [0.717, 1.165) is 0 Å². The van der Waals surface area contributed by atoms with Crippen LogP contribution in [-0.2, 0) is 4.79 Å². The number of halogens is 1. The standard InChI is InChI=1S/C10H12ClNO3S/c1-10(2,9(14)15)12(3)8(13)7-4-6(11)5-16-7/h4-5H,1-3H3,(H,14,15). The van der Waals surface area contributed by atoms with Gasteiger partial charge in [0.2, 0.25) is 0 Å². The maximum atomic E-state index is 11.9. The molecule has 0 aliphatic rings. The van der Waals surface area contributed by atoms with Gasteiger partial charge in [-0.15, -0.1) is 11.3 Å². The molecular weight excluding hydrogens is 250 g/mol. The minimum Gasteiger partial charge on any atom is -0.480 e. The molecule has 16 heavy (non-hydrogen) atoms. The highest BCUT2D eigenvalue weighted by molar-refractivity contribution is 7.12. The topological polar surface area (TPSA) is 57.6 Å². The number of hydrogen-bond donors (Lipinski definition) is 1. The van der Waals surface area contributed by atoms with Gasteiger partial charge in [0.05, 0.1) is 9.90 Å². The van der Waals surface area contributed by atoms with Gasteiger partial charge in [0.1, 0.15) is 5.54 Å². The molecule has 0 bridgehead atoms. The van der Waals surface area contributed by atoms with E-state index >= 15 is 0 Å². The summed E-state index contributed by atoms with van der Waals surface area (Å²) in [7, 11) is 1.46. The van der Waals surface area contributed by atoms with Gasteiger partial charge in [0.25, 0.3) is 5.91 Å². The van der Waals surface area contributed by atoms with Crippen molar-refractivity contribution in [3.8, 4) is 0 Å². The summed E-state index contributed by atoms with van der Waals surface area (Å²) in [6.45, 7) is 2.95. The SMILES string of the molecule is CN(C(=O)c1cc(Cl)cs1)C(C)(C)C(=O)O. The zero-order chi connectivity index (χ0) is 12.5. The zero-order valence-corrected chi connectivity index (χ0v) is 10.7. The molecule has 0 saturated carbocycles. The van der Waals surface area contributed by atoms with Crippen LogP contribution in [0.25, 0.3) is 0 Å². The third-order valence-corrected chi connectivity index (χ3v) is 3.71. The molecule has 0 radical (unpaired) electrons. The first-order chi connectivity index (χ1) is 7.26. The van der Waals surface area contributed by atoms with Gasteiger partial charge in [-0.2, -0.15) is 0 Å². The highest BCUT2D eigenvalue weighted by Crippen LogP contribution is 2.23. The van der Waals surface area contributed by atoms with Gasteiger partial charge in [-0.25, -0.2) is 4.79 Å². The van der Waals surface area contributed by atoms with Crippen LogP contribution in [0.15, 0.2) is 11.4 Å². The highest BCUT2D eigenvalue weighted by Gasteiger charge is 2.35. The summed E-state index contributed by atoms with van der Waals surface area (Å²) in [6.07, 6.45) is 0. The summed E-state index contributed by atoms with van der Waals surface area (Å²) < 4.78 is 0. The second kappa shape index (κ2) is 4.43. The van der Waals surface area contributed by atoms with Gasteiger partial charge in [-0.05, 0) is 19.9 Å². The van der Waals surface area contributed by atoms with Crippen molar-refractivity contribution >= 4 is 34.8 Å². The lowest BCUT2D eigenvalue weighted by molar-refractivity contribution is -0.147. The number of carbonyl (C=O) groups is 2. The molecule has 0 unspecified atom stereocenters. The predicted octanol–water partition coefficient (Wildman–Crippen LogP) is 2.34. The fraction of sp³-hybridized carbons (Fsp3) is 0.400. The largest absolute Gasteiger partial charge is 0.480 e. The Labute approximate surface area is 102 Å². The number of carboxylic acids is 1. The summed E-state index contributed by atoms with van der Waals surface area (Å²) in [6, 6.07) is 1.53. The van der Waals surface area contributed by atoms with Crippen LogP contribution in [0.2, 0.25) is 5.02 Å². The number of aliphatic carboxylic acids is 1. The van der Waals surface area contributed by atoms with Crippen LogP contribution in [0.1, 0.15) is 23.5 Å². The van der Waals surface area contributed by atoms with Crippen molar-refractivity contribution in [3.63, 3.8) is 0 Å². The Hall–Kier alpha value is -1.07. The van der Waals surface area contributed by atoms with Crippen molar-refractivity contribution in [1.82, 2.24) is 4.90 Å². The molecule has 1 N–H and O–H groups in total. The lowest BCUT2D eigenvalue weighted by atomic mass is 10.0. The molecule has 1 aromatic rings. The van der Waals surface area contributed by atoms with Gasteiger partial charge < -0.3 is 10.0 Å². The minimum atomic E-state index is -1.24. The van der Waals surface area contributed by atoms with Crippen LogP contribution >= 0.6 is 22.9 Å². The van der Waals surface area contributed by atoms with Crippen LogP contribution in [0.5, 0.6) is 0 Å². The third-order valence-electron chi connectivity index (χ3n) is 2.44. The molecular formula is C10H12ClNO3S. The molecule has 0 spiro atoms. The molecule has 0 aliphatic carbocycles. The summed E-state index contributed by atoms with van der Waals surface area (Å²) in [5, 5.41) is 11.1. The summed E-state index contributed by atoms with van der Waals surface area (Å²) in [5.74, 6) is -1.39. The van der Waals surface area contributed by atoms with Crippen molar-refractivity contribution < 1.29 is 14.7 Å². The van der Waals surface area contributed by atoms with Crippen LogP contribution in [0.3, 0.4) is 0 Å². The summed E-state index contributed by atoms with van der Waals surface area (Å²) in [4.78, 5) is 24.5. The van der Waals surface area contributed by atoms with Crippen LogP contribution in [0, 0.1) is 0 Å². The van der Waals surface area contributed by atoms with Gasteiger partial charge in [0.15, 0.2) is 0 Å². The summed E-state index contributed by atoms with van der Waals surface area (Å²) in [5.41, 5.74) is -1.24. The number of amides is 1. The number of hydrogen-bond acceptors (Lipinski definition) is 3. The Morgan fingerprint density at radius 1 is 1.50 bits per heavy atom. The first-order valence-electron chi connectivity index (χ1n) is 4.52. The molecule has 0 atom stereocenters. The van der Waals surface area contributed by atoms with Gasteiger partial charge in [0, 0.05) is 12.4 Å². The first kappa shape index (κ1) is 13.0. The molecule has 4 nitrogen and oxygen atoms in total. The lowest BCUT2D eigenvalue weighted by Crippen LogP contribution is -2.50. The molecule has 6 heteroatoms. The van der Waals surface area contributed by atoms with Gasteiger partial charge in [-0.1, -0.05) is 11.6 Å². The zero-order valence-electron chi connectivity index (χ0n) is 9.15. The Morgan fingerprint density at radius 3 is 2.44 bits per heavy atom. The quantitative estimate of drug-likeness (QED) is 0.909. The van der Waals surface area contributed by atoms with E-state index in [2.05, 4.69) is 0 Å². The van der Waals surface area contributed by atoms with E-state index in [1.54, 1.807) is 5.38 Å². The Balaban J connectivity index is 2.95. The van der Waals surface area contributed by atoms with Crippen molar-refractivity contribution in [2.45, 2.75) is 19.4 Å². The van der Waals surface area contributed by atoms with Crippen LogP contribution < -0.4 is 0 Å². The average molecular weight is 262 g/mol. The molecule has 88 valence electrons. The fourth-order valence-corrected chi connectivity index (χ4v) is 2.04. The van der Waals surface area contributed by atoms with Gasteiger partial charge in [-0.3, -0.25) is 4.79 Å². The molecule has 1 heterocycles. The van der Waals surface area contributed by atoms with Crippen molar-refractivity contribution in [1.29, 1.82) is 0 Å². The van der Waals surface area contributed by atoms with E-state index in [0.29, 0.717) is 9.90 Å². The van der Waals surface area contributed by atoms with Crippen molar-refractivity contribution in [2.75, 3.05) is 7.05 Å². The molecule has 1 amide bonds. The van der Waals surface area contributed by atoms with E-state index in [9.17, 15) is 9.59 Å². The molecule has 0 saturated heterocycles. The van der Waals surface area contributed by atoms with E-state index < -0.39 is 11.5 Å². The Morgan fingerprint density at radius 2 is 2.06 bits per heavy atom. The molecule has 1 rings (SSSR count). The first-order valence-corrected chi connectivity index (χ1v) is 5.78. The molecule has 0 fully saturated rings. The monoisotopic (exact) mass is 261 g/mol. The Bertz CT molecular complexity index is 427. The molecule has 0 aromatic carbocycles. The van der Waals surface area contributed by atoms with Crippen LogP contribution in [-0.4, -0.2) is 34.5 Å². The van der Waals surface area contributed by atoms with E-state index in [1.165, 1.54) is 43.2 Å². The third kappa shape index (κ3) is 2.36. The summed E-state index contributed by atoms with van der Waals surface area (Å²) >= 11 is 6.91. The number of thiophene rings is 1. The Kier molecular flexibility index (Phi) is 3.60. The maximum Gasteiger partial charge on any atom is 0.329 e. The number of rotatable bonds is 3. The average Bonchev–Trinajstić information content (AvgIpc) is 2.62. The normalized spacial score (nSPS) is 11.2. The second-order valence-electron chi connectivity index (χ2n) is 3.86. The lowest BCUT2D eigenvalue weighted by Gasteiger charge is -2.31. The fourth-order valence-electron chi connectivity index (χ4n) is 0.988. The maximum absolute atomic E-state index is 11.9. The number of likely N-dealkylation sites (N-methyl/N-ethyl adjacent to an activating group) is 1. The van der Waals surface area contributed by atoms with Crippen molar-refractivity contribution in [3.05, 3.63) is 21.3 Å². The molecule has 0 aliphatic heterocycles.